The molecule has 0 saturated heterocycles. The molecule has 0 unspecified atom stereocenters. The summed E-state index contributed by atoms with van der Waals surface area (Å²) in [5.74, 6) is 0. The number of aryl methyl sites for hydroxylation is 1. The molecule has 6 heteroatoms. The average molecular weight is 404 g/mol. The summed E-state index contributed by atoms with van der Waals surface area (Å²) in [5.41, 5.74) is 6.67. The molecule has 29 heavy (non-hydrogen) atoms. The van der Waals surface area contributed by atoms with Crippen LogP contribution in [0.25, 0.3) is 28.1 Å². The Morgan fingerprint density at radius 3 is 2.00 bits per heavy atom. The highest BCUT2D eigenvalue weighted by molar-refractivity contribution is 7.92. The van der Waals surface area contributed by atoms with Crippen molar-refractivity contribution >= 4 is 15.7 Å². The zero-order valence-corrected chi connectivity index (χ0v) is 17.0. The first-order valence-corrected chi connectivity index (χ1v) is 11.1. The Labute approximate surface area is 170 Å². The highest BCUT2D eigenvalue weighted by Crippen LogP contribution is 2.27. The highest BCUT2D eigenvalue weighted by Gasteiger charge is 2.11. The third-order valence-electron chi connectivity index (χ3n) is 4.53. The molecule has 0 radical (unpaired) electrons. The molecule has 0 atom stereocenters. The summed E-state index contributed by atoms with van der Waals surface area (Å²) in [6.07, 6.45) is 1.13. The molecule has 0 aliphatic rings. The van der Waals surface area contributed by atoms with Gasteiger partial charge in [0, 0.05) is 11.3 Å². The summed E-state index contributed by atoms with van der Waals surface area (Å²) in [7, 11) is -3.30. The lowest BCUT2D eigenvalue weighted by Gasteiger charge is -2.10. The third kappa shape index (κ3) is 4.38. The van der Waals surface area contributed by atoms with Gasteiger partial charge in [0.05, 0.1) is 23.3 Å². The zero-order valence-electron chi connectivity index (χ0n) is 16.2. The van der Waals surface area contributed by atoms with Crippen LogP contribution in [0, 0.1) is 6.92 Å². The smallest absolute Gasteiger partial charge is 0.229 e. The Kier molecular flexibility index (Phi) is 4.94. The van der Waals surface area contributed by atoms with Gasteiger partial charge in [-0.15, -0.1) is 0 Å². The topological polar surface area (TPSA) is 64.0 Å². The molecule has 1 heterocycles. The van der Waals surface area contributed by atoms with E-state index in [2.05, 4.69) is 46.2 Å². The van der Waals surface area contributed by atoms with Gasteiger partial charge in [0.2, 0.25) is 10.0 Å². The van der Waals surface area contributed by atoms with Crippen LogP contribution in [0.15, 0.2) is 84.9 Å². The van der Waals surface area contributed by atoms with Gasteiger partial charge < -0.3 is 0 Å². The van der Waals surface area contributed by atoms with Gasteiger partial charge in [0.25, 0.3) is 0 Å². The van der Waals surface area contributed by atoms with Crippen molar-refractivity contribution in [2.45, 2.75) is 6.92 Å². The van der Waals surface area contributed by atoms with Crippen molar-refractivity contribution in [3.05, 3.63) is 90.6 Å². The normalized spacial score (nSPS) is 11.4. The van der Waals surface area contributed by atoms with Crippen LogP contribution in [-0.4, -0.2) is 24.5 Å². The standard InChI is InChI=1S/C23H21N3O2S/c1-17-16-23(20-10-8-19(9-11-20)18-6-4-3-5-7-18)26(24-17)22-14-12-21(13-15-22)25-29(2,27)28/h3-16,25H,1-2H3. The molecule has 1 aromatic heterocycles. The van der Waals surface area contributed by atoms with Gasteiger partial charge in [0.1, 0.15) is 0 Å². The number of nitrogens with one attached hydrogen (secondary N) is 1. The molecule has 0 fully saturated rings. The number of hydrogen-bond acceptors (Lipinski definition) is 3. The summed E-state index contributed by atoms with van der Waals surface area (Å²) in [5, 5.41) is 4.62. The van der Waals surface area contributed by atoms with Crippen LogP contribution in [0.3, 0.4) is 0 Å². The number of benzene rings is 3. The lowest BCUT2D eigenvalue weighted by Crippen LogP contribution is -2.09. The zero-order chi connectivity index (χ0) is 20.4. The van der Waals surface area contributed by atoms with E-state index in [1.807, 2.05) is 48.0 Å². The van der Waals surface area contributed by atoms with E-state index in [9.17, 15) is 8.42 Å². The molecule has 4 rings (SSSR count). The first-order chi connectivity index (χ1) is 13.9. The van der Waals surface area contributed by atoms with Crippen molar-refractivity contribution in [1.82, 2.24) is 9.78 Å². The van der Waals surface area contributed by atoms with Crippen molar-refractivity contribution < 1.29 is 8.42 Å². The van der Waals surface area contributed by atoms with Gasteiger partial charge in [-0.2, -0.15) is 5.10 Å². The Hall–Kier alpha value is -3.38. The van der Waals surface area contributed by atoms with Crippen molar-refractivity contribution in [1.29, 1.82) is 0 Å². The Morgan fingerprint density at radius 1 is 0.793 bits per heavy atom. The lowest BCUT2D eigenvalue weighted by molar-refractivity contribution is 0.607. The fourth-order valence-corrected chi connectivity index (χ4v) is 3.81. The summed E-state index contributed by atoms with van der Waals surface area (Å²) in [6.45, 7) is 1.96. The maximum atomic E-state index is 11.4. The number of anilines is 1. The molecule has 0 spiro atoms. The first-order valence-electron chi connectivity index (χ1n) is 9.20. The van der Waals surface area contributed by atoms with Gasteiger partial charge in [-0.3, -0.25) is 4.72 Å². The van der Waals surface area contributed by atoms with E-state index < -0.39 is 10.0 Å². The molecule has 146 valence electrons. The molecule has 0 amide bonds. The summed E-state index contributed by atoms with van der Waals surface area (Å²) >= 11 is 0. The molecule has 0 bridgehead atoms. The average Bonchev–Trinajstić information content (AvgIpc) is 3.10. The van der Waals surface area contributed by atoms with E-state index in [0.29, 0.717) is 5.69 Å². The molecule has 1 N–H and O–H groups in total. The van der Waals surface area contributed by atoms with Crippen LogP contribution in [0.4, 0.5) is 5.69 Å². The van der Waals surface area contributed by atoms with Crippen molar-refractivity contribution in [3.8, 4) is 28.1 Å². The van der Waals surface area contributed by atoms with Gasteiger partial charge >= 0.3 is 0 Å². The molecular weight excluding hydrogens is 382 g/mol. The van der Waals surface area contributed by atoms with Gasteiger partial charge in [-0.1, -0.05) is 54.6 Å². The van der Waals surface area contributed by atoms with E-state index in [0.717, 1.165) is 34.5 Å². The van der Waals surface area contributed by atoms with Gasteiger partial charge in [-0.05, 0) is 48.4 Å². The lowest BCUT2D eigenvalue weighted by atomic mass is 10.0. The molecule has 0 aliphatic heterocycles. The Bertz CT molecular complexity index is 1230. The number of rotatable bonds is 5. The van der Waals surface area contributed by atoms with Crippen LogP contribution in [0.5, 0.6) is 0 Å². The largest absolute Gasteiger partial charge is 0.284 e. The first kappa shape index (κ1) is 19.0. The van der Waals surface area contributed by atoms with Crippen LogP contribution in [0.1, 0.15) is 5.69 Å². The summed E-state index contributed by atoms with van der Waals surface area (Å²) in [6, 6.07) is 27.9. The Morgan fingerprint density at radius 2 is 1.38 bits per heavy atom. The SMILES string of the molecule is Cc1cc(-c2ccc(-c3ccccc3)cc2)n(-c2ccc(NS(C)(=O)=O)cc2)n1. The van der Waals surface area contributed by atoms with Gasteiger partial charge in [0.15, 0.2) is 0 Å². The second-order valence-corrected chi connectivity index (χ2v) is 8.70. The van der Waals surface area contributed by atoms with E-state index in [4.69, 9.17) is 0 Å². The van der Waals surface area contributed by atoms with Crippen molar-refractivity contribution in [2.24, 2.45) is 0 Å². The summed E-state index contributed by atoms with van der Waals surface area (Å²) < 4.78 is 27.1. The fourth-order valence-electron chi connectivity index (χ4n) is 3.25. The second-order valence-electron chi connectivity index (χ2n) is 6.95. The molecule has 4 aromatic rings. The second kappa shape index (κ2) is 7.56. The fraction of sp³-hybridized carbons (Fsp3) is 0.0870. The van der Waals surface area contributed by atoms with E-state index in [-0.39, 0.29) is 0 Å². The van der Waals surface area contributed by atoms with Crippen LogP contribution < -0.4 is 4.72 Å². The highest BCUT2D eigenvalue weighted by atomic mass is 32.2. The van der Waals surface area contributed by atoms with E-state index >= 15 is 0 Å². The van der Waals surface area contributed by atoms with Crippen LogP contribution in [0.2, 0.25) is 0 Å². The van der Waals surface area contributed by atoms with Crippen LogP contribution >= 0.6 is 0 Å². The minimum atomic E-state index is -3.30. The minimum absolute atomic E-state index is 0.522. The Balaban J connectivity index is 1.67. The summed E-state index contributed by atoms with van der Waals surface area (Å²) in [4.78, 5) is 0. The van der Waals surface area contributed by atoms with E-state index in [1.165, 1.54) is 5.56 Å². The monoisotopic (exact) mass is 403 g/mol. The van der Waals surface area contributed by atoms with E-state index in [1.54, 1.807) is 12.1 Å². The number of sulfonamides is 1. The molecule has 5 nitrogen and oxygen atoms in total. The van der Waals surface area contributed by atoms with Crippen LogP contribution in [-0.2, 0) is 10.0 Å². The molecule has 3 aromatic carbocycles. The molecule has 0 saturated carbocycles. The molecular formula is C23H21N3O2S. The predicted octanol–water partition coefficient (Wildman–Crippen LogP) is 4.89. The minimum Gasteiger partial charge on any atom is -0.284 e. The van der Waals surface area contributed by atoms with Crippen molar-refractivity contribution in [2.75, 3.05) is 11.0 Å². The third-order valence-corrected chi connectivity index (χ3v) is 5.14. The van der Waals surface area contributed by atoms with Gasteiger partial charge in [-0.25, -0.2) is 13.1 Å². The maximum absolute atomic E-state index is 11.4. The quantitative estimate of drug-likeness (QED) is 0.516. The molecule has 0 aliphatic carbocycles. The number of aromatic nitrogens is 2. The number of nitrogens with zero attached hydrogens (tertiary/aromatic N) is 2. The maximum Gasteiger partial charge on any atom is 0.229 e. The number of hydrogen-bond donors (Lipinski definition) is 1. The predicted molar refractivity (Wildman–Crippen MR) is 118 cm³/mol. The van der Waals surface area contributed by atoms with Crippen molar-refractivity contribution in [3.63, 3.8) is 0 Å².